The van der Waals surface area contributed by atoms with E-state index in [2.05, 4.69) is 42.9 Å². The fourth-order valence-electron chi connectivity index (χ4n) is 2.55. The number of thiazole rings is 1. The Balaban J connectivity index is 1.89. The van der Waals surface area contributed by atoms with Crippen molar-refractivity contribution in [3.05, 3.63) is 11.1 Å². The summed E-state index contributed by atoms with van der Waals surface area (Å²) in [5.41, 5.74) is 0.414. The molecule has 1 aromatic heterocycles. The first kappa shape index (κ1) is 14.8. The number of hydrogen-bond acceptors (Lipinski definition) is 4. The highest BCUT2D eigenvalue weighted by Crippen LogP contribution is 2.36. The average Bonchev–Trinajstić information content (AvgIpc) is 2.96. The predicted octanol–water partition coefficient (Wildman–Crippen LogP) is 3.52. The van der Waals surface area contributed by atoms with Crippen LogP contribution in [-0.2, 0) is 6.54 Å². The number of anilines is 1. The van der Waals surface area contributed by atoms with Crippen LogP contribution < -0.4 is 10.2 Å². The molecule has 1 N–H and O–H groups in total. The Morgan fingerprint density at radius 1 is 1.47 bits per heavy atom. The van der Waals surface area contributed by atoms with E-state index >= 15 is 0 Å². The molecule has 0 radical (unpaired) electrons. The second-order valence-corrected chi connectivity index (χ2v) is 7.68. The van der Waals surface area contributed by atoms with Gasteiger partial charge in [-0.05, 0) is 30.7 Å². The van der Waals surface area contributed by atoms with Gasteiger partial charge in [0, 0.05) is 30.7 Å². The second kappa shape index (κ2) is 6.23. The van der Waals surface area contributed by atoms with Crippen LogP contribution in [0.25, 0.3) is 0 Å². The summed E-state index contributed by atoms with van der Waals surface area (Å²) in [6.07, 6.45) is 4.52. The molecule has 1 aromatic rings. The minimum atomic E-state index is 0.414. The minimum Gasteiger partial charge on any atom is -0.348 e. The van der Waals surface area contributed by atoms with Gasteiger partial charge in [-0.25, -0.2) is 4.98 Å². The van der Waals surface area contributed by atoms with Crippen LogP contribution in [0.3, 0.4) is 0 Å². The quantitative estimate of drug-likeness (QED) is 0.837. The van der Waals surface area contributed by atoms with E-state index in [0.717, 1.165) is 25.6 Å². The summed E-state index contributed by atoms with van der Waals surface area (Å²) in [4.78, 5) is 8.41. The molecule has 1 fully saturated rings. The van der Waals surface area contributed by atoms with Crippen LogP contribution in [0, 0.1) is 11.3 Å². The normalized spacial score (nSPS) is 20.2. The third kappa shape index (κ3) is 3.93. The molecule has 0 aromatic carbocycles. The first-order chi connectivity index (χ1) is 9.00. The van der Waals surface area contributed by atoms with Gasteiger partial charge in [-0.2, -0.15) is 0 Å². The highest BCUT2D eigenvalue weighted by molar-refractivity contribution is 7.15. The molecule has 0 amide bonds. The van der Waals surface area contributed by atoms with E-state index in [1.54, 1.807) is 0 Å². The third-order valence-electron chi connectivity index (χ3n) is 3.95. The van der Waals surface area contributed by atoms with Gasteiger partial charge < -0.3 is 10.2 Å². The molecule has 0 aliphatic carbocycles. The topological polar surface area (TPSA) is 28.2 Å². The number of rotatable bonds is 5. The van der Waals surface area contributed by atoms with Crippen molar-refractivity contribution in [1.82, 2.24) is 10.3 Å². The Morgan fingerprint density at radius 2 is 2.26 bits per heavy atom. The molecule has 0 saturated carbocycles. The molecule has 1 unspecified atom stereocenters. The molecule has 4 heteroatoms. The lowest BCUT2D eigenvalue weighted by Gasteiger charge is -2.26. The highest BCUT2D eigenvalue weighted by Gasteiger charge is 2.32. The Hall–Kier alpha value is -0.610. The van der Waals surface area contributed by atoms with Gasteiger partial charge in [-0.15, -0.1) is 11.3 Å². The van der Waals surface area contributed by atoms with Gasteiger partial charge in [0.05, 0.1) is 0 Å². The van der Waals surface area contributed by atoms with Crippen LogP contribution in [0.15, 0.2) is 6.20 Å². The fraction of sp³-hybridized carbons (Fsp3) is 0.800. The maximum atomic E-state index is 4.60. The lowest BCUT2D eigenvalue weighted by atomic mass is 9.80. The van der Waals surface area contributed by atoms with Crippen LogP contribution in [0.2, 0.25) is 0 Å². The summed E-state index contributed by atoms with van der Waals surface area (Å²) in [5, 5.41) is 4.65. The SMILES string of the molecule is CCCNCc1cnc(N2CCC(C(C)(C)C)C2)s1. The zero-order valence-electron chi connectivity index (χ0n) is 12.7. The Kier molecular flexibility index (Phi) is 4.85. The molecular formula is C15H27N3S. The van der Waals surface area contributed by atoms with Crippen molar-refractivity contribution in [2.24, 2.45) is 11.3 Å². The summed E-state index contributed by atoms with van der Waals surface area (Å²) >= 11 is 1.85. The van der Waals surface area contributed by atoms with E-state index in [0.29, 0.717) is 5.41 Å². The van der Waals surface area contributed by atoms with Crippen molar-refractivity contribution < 1.29 is 0 Å². The van der Waals surface area contributed by atoms with E-state index < -0.39 is 0 Å². The van der Waals surface area contributed by atoms with Gasteiger partial charge in [0.15, 0.2) is 5.13 Å². The standard InChI is InChI=1S/C15H27N3S/c1-5-7-16-9-13-10-17-14(19-13)18-8-6-12(11-18)15(2,3)4/h10,12,16H,5-9,11H2,1-4H3. The van der Waals surface area contributed by atoms with E-state index in [4.69, 9.17) is 0 Å². The van der Waals surface area contributed by atoms with Crippen molar-refractivity contribution in [2.75, 3.05) is 24.5 Å². The van der Waals surface area contributed by atoms with Gasteiger partial charge in [-0.3, -0.25) is 0 Å². The molecule has 1 atom stereocenters. The number of nitrogens with one attached hydrogen (secondary N) is 1. The molecule has 2 rings (SSSR count). The monoisotopic (exact) mass is 281 g/mol. The van der Waals surface area contributed by atoms with Gasteiger partial charge in [0.25, 0.3) is 0 Å². The maximum absolute atomic E-state index is 4.60. The lowest BCUT2D eigenvalue weighted by molar-refractivity contribution is 0.263. The van der Waals surface area contributed by atoms with Crippen LogP contribution in [-0.4, -0.2) is 24.6 Å². The maximum Gasteiger partial charge on any atom is 0.185 e. The van der Waals surface area contributed by atoms with Crippen molar-refractivity contribution in [2.45, 2.75) is 47.1 Å². The average molecular weight is 281 g/mol. The number of aromatic nitrogens is 1. The largest absolute Gasteiger partial charge is 0.348 e. The van der Waals surface area contributed by atoms with Gasteiger partial charge >= 0.3 is 0 Å². The van der Waals surface area contributed by atoms with Crippen molar-refractivity contribution in [1.29, 1.82) is 0 Å². The fourth-order valence-corrected chi connectivity index (χ4v) is 3.47. The Bertz CT molecular complexity index is 394. The molecular weight excluding hydrogens is 254 g/mol. The first-order valence-electron chi connectivity index (χ1n) is 7.41. The molecule has 3 nitrogen and oxygen atoms in total. The zero-order chi connectivity index (χ0) is 13.9. The third-order valence-corrected chi connectivity index (χ3v) is 5.01. The van der Waals surface area contributed by atoms with E-state index in [1.165, 1.54) is 29.4 Å². The molecule has 19 heavy (non-hydrogen) atoms. The summed E-state index contributed by atoms with van der Waals surface area (Å²) in [5.74, 6) is 0.790. The number of nitrogens with zero attached hydrogens (tertiary/aromatic N) is 2. The predicted molar refractivity (Wildman–Crippen MR) is 83.9 cm³/mol. The smallest absolute Gasteiger partial charge is 0.185 e. The van der Waals surface area contributed by atoms with Crippen LogP contribution in [0.1, 0.15) is 45.4 Å². The zero-order valence-corrected chi connectivity index (χ0v) is 13.5. The highest BCUT2D eigenvalue weighted by atomic mass is 32.1. The minimum absolute atomic E-state index is 0.414. The van der Waals surface area contributed by atoms with Crippen LogP contribution in [0.4, 0.5) is 5.13 Å². The van der Waals surface area contributed by atoms with Crippen molar-refractivity contribution in [3.63, 3.8) is 0 Å². The van der Waals surface area contributed by atoms with Gasteiger partial charge in [0.1, 0.15) is 0 Å². The van der Waals surface area contributed by atoms with Crippen LogP contribution >= 0.6 is 11.3 Å². The summed E-state index contributed by atoms with van der Waals surface area (Å²) in [7, 11) is 0. The Labute approximate surface area is 121 Å². The second-order valence-electron chi connectivity index (χ2n) is 6.58. The summed E-state index contributed by atoms with van der Waals surface area (Å²) in [6, 6.07) is 0. The molecule has 1 aliphatic heterocycles. The number of hydrogen-bond donors (Lipinski definition) is 1. The van der Waals surface area contributed by atoms with Gasteiger partial charge in [0.2, 0.25) is 0 Å². The molecule has 0 spiro atoms. The van der Waals surface area contributed by atoms with E-state index in [9.17, 15) is 0 Å². The molecule has 1 aliphatic rings. The summed E-state index contributed by atoms with van der Waals surface area (Å²) in [6.45, 7) is 13.6. The van der Waals surface area contributed by atoms with Crippen LogP contribution in [0.5, 0.6) is 0 Å². The van der Waals surface area contributed by atoms with E-state index in [-0.39, 0.29) is 0 Å². The molecule has 108 valence electrons. The molecule has 0 bridgehead atoms. The molecule has 1 saturated heterocycles. The first-order valence-corrected chi connectivity index (χ1v) is 8.22. The van der Waals surface area contributed by atoms with Crippen molar-refractivity contribution in [3.8, 4) is 0 Å². The van der Waals surface area contributed by atoms with Crippen molar-refractivity contribution >= 4 is 16.5 Å². The van der Waals surface area contributed by atoms with E-state index in [1.807, 2.05) is 17.5 Å². The van der Waals surface area contributed by atoms with Gasteiger partial charge in [-0.1, -0.05) is 27.7 Å². The molecule has 2 heterocycles. The summed E-state index contributed by atoms with van der Waals surface area (Å²) < 4.78 is 0. The Morgan fingerprint density at radius 3 is 2.89 bits per heavy atom. The lowest BCUT2D eigenvalue weighted by Crippen LogP contribution is -2.25.